The van der Waals surface area contributed by atoms with E-state index in [2.05, 4.69) is 21.4 Å². The van der Waals surface area contributed by atoms with Gasteiger partial charge in [-0.1, -0.05) is 12.8 Å². The van der Waals surface area contributed by atoms with E-state index in [1.165, 1.54) is 5.69 Å². The van der Waals surface area contributed by atoms with Crippen LogP contribution in [0.2, 0.25) is 0 Å². The molecule has 2 atom stereocenters. The first-order valence-corrected chi connectivity index (χ1v) is 10.2. The van der Waals surface area contributed by atoms with Crippen molar-refractivity contribution in [2.45, 2.75) is 70.4 Å². The van der Waals surface area contributed by atoms with Crippen LogP contribution in [0.4, 0.5) is 0 Å². The fraction of sp³-hybridized carbons (Fsp3) is 0.750. The first-order chi connectivity index (χ1) is 12.6. The van der Waals surface area contributed by atoms with Gasteiger partial charge in [0.15, 0.2) is 0 Å². The zero-order valence-corrected chi connectivity index (χ0v) is 15.8. The van der Waals surface area contributed by atoms with Crippen molar-refractivity contribution >= 4 is 11.8 Å². The van der Waals surface area contributed by atoms with Gasteiger partial charge in [0.1, 0.15) is 0 Å². The molecule has 0 aromatic carbocycles. The average Bonchev–Trinajstić information content (AvgIpc) is 3.29. The molecule has 26 heavy (non-hydrogen) atoms. The van der Waals surface area contributed by atoms with Gasteiger partial charge in [0, 0.05) is 50.0 Å². The number of aromatic nitrogens is 2. The lowest BCUT2D eigenvalue weighted by Gasteiger charge is -2.41. The normalized spacial score (nSPS) is 28.0. The summed E-state index contributed by atoms with van der Waals surface area (Å²) in [6.45, 7) is 4.57. The number of carbonyl (C=O) groups excluding carboxylic acids is 2. The summed E-state index contributed by atoms with van der Waals surface area (Å²) in [5.74, 6) is 0.552. The number of amides is 2. The Morgan fingerprint density at radius 1 is 1.08 bits per heavy atom. The van der Waals surface area contributed by atoms with Gasteiger partial charge in [0.2, 0.25) is 11.8 Å². The number of piperidine rings is 1. The molecule has 0 bridgehead atoms. The number of nitrogens with zero attached hydrogens (tertiary/aromatic N) is 4. The molecule has 0 unspecified atom stereocenters. The van der Waals surface area contributed by atoms with Crippen molar-refractivity contribution in [1.82, 2.24) is 19.4 Å². The Hall–Kier alpha value is -1.85. The molecule has 3 heterocycles. The molecule has 1 aromatic heterocycles. The molecular formula is C20H30N4O2. The van der Waals surface area contributed by atoms with Crippen molar-refractivity contribution in [3.8, 4) is 0 Å². The van der Waals surface area contributed by atoms with Gasteiger partial charge in [-0.25, -0.2) is 4.98 Å². The van der Waals surface area contributed by atoms with Crippen LogP contribution in [0.1, 0.15) is 63.1 Å². The topological polar surface area (TPSA) is 58.4 Å². The number of hydrogen-bond donors (Lipinski definition) is 0. The van der Waals surface area contributed by atoms with E-state index in [-0.39, 0.29) is 23.8 Å². The molecule has 2 saturated heterocycles. The van der Waals surface area contributed by atoms with Crippen LogP contribution in [0.3, 0.4) is 0 Å². The third-order valence-corrected chi connectivity index (χ3v) is 6.59. The Balaban J connectivity index is 1.40. The predicted octanol–water partition coefficient (Wildman–Crippen LogP) is 2.54. The van der Waals surface area contributed by atoms with Crippen molar-refractivity contribution in [2.24, 2.45) is 5.92 Å². The monoisotopic (exact) mass is 358 g/mol. The summed E-state index contributed by atoms with van der Waals surface area (Å²) < 4.78 is 2.24. The minimum absolute atomic E-state index is 0.0114. The maximum absolute atomic E-state index is 13.3. The number of hydrogen-bond acceptors (Lipinski definition) is 3. The number of imidazole rings is 1. The van der Waals surface area contributed by atoms with Crippen LogP contribution < -0.4 is 0 Å². The zero-order chi connectivity index (χ0) is 18.1. The molecule has 3 aliphatic rings. The van der Waals surface area contributed by atoms with Gasteiger partial charge in [-0.3, -0.25) is 9.59 Å². The molecule has 1 saturated carbocycles. The van der Waals surface area contributed by atoms with Crippen LogP contribution >= 0.6 is 0 Å². The summed E-state index contributed by atoms with van der Waals surface area (Å²) in [6, 6.07) is 0.587. The number of likely N-dealkylation sites (tertiary alicyclic amines) is 2. The van der Waals surface area contributed by atoms with Crippen molar-refractivity contribution in [2.75, 3.05) is 19.6 Å². The molecule has 2 amide bonds. The van der Waals surface area contributed by atoms with Gasteiger partial charge >= 0.3 is 0 Å². The van der Waals surface area contributed by atoms with Crippen LogP contribution in [0.5, 0.6) is 0 Å². The fourth-order valence-electron chi connectivity index (χ4n) is 5.14. The molecular weight excluding hydrogens is 328 g/mol. The summed E-state index contributed by atoms with van der Waals surface area (Å²) in [5, 5.41) is 0. The summed E-state index contributed by atoms with van der Waals surface area (Å²) >= 11 is 0. The van der Waals surface area contributed by atoms with E-state index in [0.29, 0.717) is 12.5 Å². The molecule has 4 rings (SSSR count). The Kier molecular flexibility index (Phi) is 5.00. The van der Waals surface area contributed by atoms with Crippen LogP contribution in [-0.4, -0.2) is 56.8 Å². The van der Waals surface area contributed by atoms with Gasteiger partial charge < -0.3 is 14.4 Å². The second-order valence-electron chi connectivity index (χ2n) is 8.15. The molecule has 3 fully saturated rings. The summed E-state index contributed by atoms with van der Waals surface area (Å²) in [4.78, 5) is 33.8. The minimum atomic E-state index is 0.0114. The maximum atomic E-state index is 13.3. The quantitative estimate of drug-likeness (QED) is 0.834. The van der Waals surface area contributed by atoms with Crippen LogP contribution in [0.25, 0.3) is 0 Å². The molecule has 0 N–H and O–H groups in total. The zero-order valence-electron chi connectivity index (χ0n) is 15.8. The van der Waals surface area contributed by atoms with Gasteiger partial charge in [-0.15, -0.1) is 0 Å². The smallest absolute Gasteiger partial charge is 0.227 e. The lowest BCUT2D eigenvalue weighted by molar-refractivity contribution is -0.143. The molecule has 0 radical (unpaired) electrons. The number of carbonyl (C=O) groups is 2. The van der Waals surface area contributed by atoms with Crippen molar-refractivity contribution in [3.05, 3.63) is 18.2 Å². The van der Waals surface area contributed by atoms with E-state index in [1.807, 2.05) is 17.4 Å². The van der Waals surface area contributed by atoms with Crippen molar-refractivity contribution in [3.63, 3.8) is 0 Å². The number of rotatable bonds is 3. The second-order valence-corrected chi connectivity index (χ2v) is 8.15. The number of aryl methyl sites for hydroxylation is 1. The van der Waals surface area contributed by atoms with E-state index in [4.69, 9.17) is 0 Å². The van der Waals surface area contributed by atoms with E-state index >= 15 is 0 Å². The Morgan fingerprint density at radius 2 is 1.85 bits per heavy atom. The predicted molar refractivity (Wildman–Crippen MR) is 98.5 cm³/mol. The van der Waals surface area contributed by atoms with E-state index in [0.717, 1.165) is 64.6 Å². The highest BCUT2D eigenvalue weighted by molar-refractivity contribution is 5.82. The SMILES string of the molecule is Cc1cncn1C1CCN(C(=O)[C@@H]2CCCC[C@@H]2N2CCCC2=O)CC1. The second kappa shape index (κ2) is 7.41. The van der Waals surface area contributed by atoms with E-state index in [1.54, 1.807) is 0 Å². The van der Waals surface area contributed by atoms with Gasteiger partial charge in [0.05, 0.1) is 12.2 Å². The van der Waals surface area contributed by atoms with Crippen LogP contribution in [0.15, 0.2) is 12.5 Å². The van der Waals surface area contributed by atoms with Gasteiger partial charge in [0.25, 0.3) is 0 Å². The Labute approximate surface area is 155 Å². The largest absolute Gasteiger partial charge is 0.342 e. The molecule has 6 heteroatoms. The van der Waals surface area contributed by atoms with E-state index < -0.39 is 0 Å². The van der Waals surface area contributed by atoms with Crippen LogP contribution in [0, 0.1) is 12.8 Å². The van der Waals surface area contributed by atoms with Gasteiger partial charge in [-0.05, 0) is 39.0 Å². The highest BCUT2D eigenvalue weighted by Gasteiger charge is 2.40. The summed E-state index contributed by atoms with van der Waals surface area (Å²) in [6.07, 6.45) is 11.6. The summed E-state index contributed by atoms with van der Waals surface area (Å²) in [5.41, 5.74) is 1.19. The van der Waals surface area contributed by atoms with E-state index in [9.17, 15) is 9.59 Å². The molecule has 1 aliphatic carbocycles. The van der Waals surface area contributed by atoms with Gasteiger partial charge in [-0.2, -0.15) is 0 Å². The molecule has 1 aromatic rings. The summed E-state index contributed by atoms with van der Waals surface area (Å²) in [7, 11) is 0. The third-order valence-electron chi connectivity index (χ3n) is 6.59. The van der Waals surface area contributed by atoms with Crippen LogP contribution in [-0.2, 0) is 9.59 Å². The average molecular weight is 358 g/mol. The lowest BCUT2D eigenvalue weighted by Crippen LogP contribution is -2.51. The Bertz CT molecular complexity index is 663. The molecule has 2 aliphatic heterocycles. The first kappa shape index (κ1) is 17.6. The lowest BCUT2D eigenvalue weighted by atomic mass is 9.82. The highest BCUT2D eigenvalue weighted by Crippen LogP contribution is 2.34. The van der Waals surface area contributed by atoms with Crippen molar-refractivity contribution in [1.29, 1.82) is 0 Å². The maximum Gasteiger partial charge on any atom is 0.227 e. The minimum Gasteiger partial charge on any atom is -0.342 e. The molecule has 0 spiro atoms. The standard InChI is InChI=1S/C20H30N4O2/c1-15-13-21-14-24(15)16-8-11-22(12-9-16)20(26)17-5-2-3-6-18(17)23-10-4-7-19(23)25/h13-14,16-18H,2-12H2,1H3/t17-,18+/m1/s1. The molecule has 6 nitrogen and oxygen atoms in total. The Morgan fingerprint density at radius 3 is 2.50 bits per heavy atom. The fourth-order valence-corrected chi connectivity index (χ4v) is 5.14. The highest BCUT2D eigenvalue weighted by atomic mass is 16.2. The van der Waals surface area contributed by atoms with Crippen molar-refractivity contribution < 1.29 is 9.59 Å². The first-order valence-electron chi connectivity index (χ1n) is 10.2. The third kappa shape index (κ3) is 3.26. The molecule has 142 valence electrons.